The van der Waals surface area contributed by atoms with Gasteiger partial charge in [-0.2, -0.15) is 0 Å². The molecule has 0 saturated heterocycles. The van der Waals surface area contributed by atoms with Crippen molar-refractivity contribution in [3.8, 4) is 0 Å². The minimum absolute atomic E-state index is 0.306. The molecule has 0 amide bonds. The van der Waals surface area contributed by atoms with Crippen LogP contribution in [0.3, 0.4) is 0 Å². The summed E-state index contributed by atoms with van der Waals surface area (Å²) in [6.45, 7) is 7.85. The number of amidine groups is 1. The number of nitrogens with zero attached hydrogens (tertiary/aromatic N) is 1. The maximum atomic E-state index is 4.59. The van der Waals surface area contributed by atoms with Crippen molar-refractivity contribution in [2.24, 2.45) is 10.9 Å². The van der Waals surface area contributed by atoms with Crippen molar-refractivity contribution >= 4 is 16.9 Å². The molecular formula is C12H22N2S. The summed E-state index contributed by atoms with van der Waals surface area (Å²) in [4.78, 5) is 4.59. The van der Waals surface area contributed by atoms with E-state index in [1.165, 1.54) is 30.9 Å². The van der Waals surface area contributed by atoms with Crippen molar-refractivity contribution in [3.05, 3.63) is 0 Å². The fraction of sp³-hybridized carbons (Fsp3) is 0.917. The smallest absolute Gasteiger partial charge is 0.157 e. The van der Waals surface area contributed by atoms with Crippen LogP contribution in [-0.2, 0) is 0 Å². The van der Waals surface area contributed by atoms with Crippen LogP contribution in [0.4, 0.5) is 0 Å². The van der Waals surface area contributed by atoms with Crippen LogP contribution in [0.15, 0.2) is 4.99 Å². The first-order valence-corrected chi connectivity index (χ1v) is 6.88. The third kappa shape index (κ3) is 2.90. The van der Waals surface area contributed by atoms with Crippen LogP contribution in [0.5, 0.6) is 0 Å². The Hall–Kier alpha value is -0.180. The van der Waals surface area contributed by atoms with Gasteiger partial charge in [-0.1, -0.05) is 31.5 Å². The number of thioether (sulfide) groups is 1. The molecule has 86 valence electrons. The Morgan fingerprint density at radius 1 is 1.33 bits per heavy atom. The van der Waals surface area contributed by atoms with E-state index in [1.807, 2.05) is 11.8 Å². The second-order valence-corrected chi connectivity index (χ2v) is 7.19. The van der Waals surface area contributed by atoms with Gasteiger partial charge in [-0.05, 0) is 32.6 Å². The molecule has 1 saturated carbocycles. The Kier molecular flexibility index (Phi) is 3.29. The topological polar surface area (TPSA) is 24.4 Å². The minimum Gasteiger partial charge on any atom is -0.362 e. The monoisotopic (exact) mass is 226 g/mol. The van der Waals surface area contributed by atoms with E-state index < -0.39 is 0 Å². The highest BCUT2D eigenvalue weighted by molar-refractivity contribution is 8.15. The molecule has 1 N–H and O–H groups in total. The predicted octanol–water partition coefficient (Wildman–Crippen LogP) is 3.04. The zero-order valence-corrected chi connectivity index (χ0v) is 10.9. The molecule has 0 spiro atoms. The average Bonchev–Trinajstić information content (AvgIpc) is 2.50. The summed E-state index contributed by atoms with van der Waals surface area (Å²) in [5.74, 6) is 0.811. The Morgan fingerprint density at radius 3 is 2.67 bits per heavy atom. The van der Waals surface area contributed by atoms with E-state index in [-0.39, 0.29) is 0 Å². The number of rotatable bonds is 1. The van der Waals surface area contributed by atoms with Gasteiger partial charge >= 0.3 is 0 Å². The zero-order valence-electron chi connectivity index (χ0n) is 10.0. The summed E-state index contributed by atoms with van der Waals surface area (Å²) in [7, 11) is 0. The first kappa shape index (κ1) is 11.3. The van der Waals surface area contributed by atoms with Crippen LogP contribution in [0.2, 0.25) is 0 Å². The lowest BCUT2D eigenvalue weighted by Gasteiger charge is -2.30. The standard InChI is InChI=1S/C12H22N2S/c1-9-6-4-5-7-10(9)14-11-13-8-12(2,3)15-11/h9-10H,4-8H2,1-3H3,(H,13,14). The van der Waals surface area contributed by atoms with Gasteiger partial charge in [0.2, 0.25) is 0 Å². The Balaban J connectivity index is 1.87. The van der Waals surface area contributed by atoms with Gasteiger partial charge in [-0.25, -0.2) is 0 Å². The Bertz CT molecular complexity index is 260. The van der Waals surface area contributed by atoms with E-state index in [9.17, 15) is 0 Å². The van der Waals surface area contributed by atoms with E-state index in [4.69, 9.17) is 0 Å². The molecular weight excluding hydrogens is 204 g/mol. The van der Waals surface area contributed by atoms with Gasteiger partial charge in [0.1, 0.15) is 0 Å². The molecule has 1 aliphatic carbocycles. The average molecular weight is 226 g/mol. The van der Waals surface area contributed by atoms with E-state index in [1.54, 1.807) is 0 Å². The summed E-state index contributed by atoms with van der Waals surface area (Å²) < 4.78 is 0.306. The summed E-state index contributed by atoms with van der Waals surface area (Å²) in [5, 5.41) is 4.82. The van der Waals surface area contributed by atoms with E-state index >= 15 is 0 Å². The maximum absolute atomic E-state index is 4.59. The van der Waals surface area contributed by atoms with Crippen molar-refractivity contribution in [2.75, 3.05) is 6.54 Å². The molecule has 15 heavy (non-hydrogen) atoms. The normalized spacial score (nSPS) is 35.0. The predicted molar refractivity (Wildman–Crippen MR) is 68.5 cm³/mol. The highest BCUT2D eigenvalue weighted by Crippen LogP contribution is 2.32. The molecule has 2 aliphatic rings. The third-order valence-electron chi connectivity index (χ3n) is 3.40. The lowest BCUT2D eigenvalue weighted by Crippen LogP contribution is -2.39. The largest absolute Gasteiger partial charge is 0.362 e. The number of aliphatic imine (C=N–C) groups is 1. The second-order valence-electron chi connectivity index (χ2n) is 5.50. The third-order valence-corrected chi connectivity index (χ3v) is 4.52. The van der Waals surface area contributed by atoms with Crippen molar-refractivity contribution in [3.63, 3.8) is 0 Å². The molecule has 3 heteroatoms. The molecule has 2 atom stereocenters. The summed E-state index contributed by atoms with van der Waals surface area (Å²) >= 11 is 1.90. The van der Waals surface area contributed by atoms with Gasteiger partial charge in [0.25, 0.3) is 0 Å². The summed E-state index contributed by atoms with van der Waals surface area (Å²) in [6.07, 6.45) is 5.48. The fourth-order valence-corrected chi connectivity index (χ4v) is 3.34. The van der Waals surface area contributed by atoms with Gasteiger partial charge in [0.05, 0.1) is 6.54 Å². The van der Waals surface area contributed by atoms with Gasteiger partial charge in [0.15, 0.2) is 5.17 Å². The fourth-order valence-electron chi connectivity index (χ4n) is 2.35. The Labute approximate surface area is 97.3 Å². The molecule has 2 nitrogen and oxygen atoms in total. The molecule has 2 unspecified atom stereocenters. The minimum atomic E-state index is 0.306. The molecule has 0 aromatic heterocycles. The van der Waals surface area contributed by atoms with Crippen LogP contribution in [-0.4, -0.2) is 22.5 Å². The van der Waals surface area contributed by atoms with Gasteiger partial charge in [0, 0.05) is 10.8 Å². The number of hydrogen-bond acceptors (Lipinski definition) is 3. The SMILES string of the molecule is CC1CCCCC1NC1=NCC(C)(C)S1. The molecule has 1 heterocycles. The summed E-state index contributed by atoms with van der Waals surface area (Å²) in [6, 6.07) is 0.666. The van der Waals surface area contributed by atoms with Crippen LogP contribution in [0, 0.1) is 5.92 Å². The lowest BCUT2D eigenvalue weighted by molar-refractivity contribution is 0.310. The van der Waals surface area contributed by atoms with Crippen molar-refractivity contribution in [2.45, 2.75) is 57.2 Å². The number of hydrogen-bond donors (Lipinski definition) is 1. The highest BCUT2D eigenvalue weighted by atomic mass is 32.2. The van der Waals surface area contributed by atoms with Gasteiger partial charge in [-0.15, -0.1) is 0 Å². The zero-order chi connectivity index (χ0) is 10.9. The van der Waals surface area contributed by atoms with Crippen LogP contribution < -0.4 is 5.32 Å². The molecule has 1 aliphatic heterocycles. The maximum Gasteiger partial charge on any atom is 0.157 e. The van der Waals surface area contributed by atoms with Crippen LogP contribution in [0.25, 0.3) is 0 Å². The molecule has 0 bridgehead atoms. The van der Waals surface area contributed by atoms with E-state index in [0.29, 0.717) is 10.8 Å². The number of nitrogens with one attached hydrogen (secondary N) is 1. The molecule has 0 aromatic carbocycles. The second kappa shape index (κ2) is 4.36. The van der Waals surface area contributed by atoms with Crippen LogP contribution in [0.1, 0.15) is 46.5 Å². The van der Waals surface area contributed by atoms with Gasteiger partial charge in [-0.3, -0.25) is 4.99 Å². The molecule has 1 fully saturated rings. The Morgan fingerprint density at radius 2 is 2.07 bits per heavy atom. The van der Waals surface area contributed by atoms with Crippen LogP contribution >= 0.6 is 11.8 Å². The van der Waals surface area contributed by atoms with E-state index in [2.05, 4.69) is 31.1 Å². The van der Waals surface area contributed by atoms with E-state index in [0.717, 1.165) is 12.5 Å². The quantitative estimate of drug-likeness (QED) is 0.743. The molecule has 0 radical (unpaired) electrons. The first-order valence-electron chi connectivity index (χ1n) is 6.07. The van der Waals surface area contributed by atoms with Crippen molar-refractivity contribution < 1.29 is 0 Å². The summed E-state index contributed by atoms with van der Waals surface area (Å²) in [5.41, 5.74) is 0. The molecule has 0 aromatic rings. The van der Waals surface area contributed by atoms with Crippen molar-refractivity contribution in [1.29, 1.82) is 0 Å². The molecule has 2 rings (SSSR count). The van der Waals surface area contributed by atoms with Gasteiger partial charge < -0.3 is 5.32 Å². The first-order chi connectivity index (χ1) is 7.07. The van der Waals surface area contributed by atoms with Crippen molar-refractivity contribution in [1.82, 2.24) is 5.32 Å². The highest BCUT2D eigenvalue weighted by Gasteiger charge is 2.30. The lowest BCUT2D eigenvalue weighted by atomic mass is 9.86.